The van der Waals surface area contributed by atoms with Crippen molar-refractivity contribution in [2.45, 2.75) is 37.9 Å². The van der Waals surface area contributed by atoms with Crippen LogP contribution in [0.5, 0.6) is 0 Å². The molecule has 1 aromatic carbocycles. The van der Waals surface area contributed by atoms with E-state index in [4.69, 9.17) is 15.2 Å². The van der Waals surface area contributed by atoms with Gasteiger partial charge in [0.05, 0.1) is 25.5 Å². The molecule has 3 atom stereocenters. The number of hydrogen-bond acceptors (Lipinski definition) is 6. The van der Waals surface area contributed by atoms with Crippen LogP contribution >= 0.6 is 0 Å². The summed E-state index contributed by atoms with van der Waals surface area (Å²) in [7, 11) is 0. The molecule has 0 bridgehead atoms. The summed E-state index contributed by atoms with van der Waals surface area (Å²) in [6.07, 6.45) is -0.0371. The lowest BCUT2D eigenvalue weighted by Crippen LogP contribution is -2.41. The summed E-state index contributed by atoms with van der Waals surface area (Å²) in [5.74, 6) is -1.26. The molecule has 25 heavy (non-hydrogen) atoms. The van der Waals surface area contributed by atoms with Gasteiger partial charge in [-0.3, -0.25) is 4.57 Å². The first-order valence-corrected chi connectivity index (χ1v) is 7.91. The fourth-order valence-electron chi connectivity index (χ4n) is 2.86. The van der Waals surface area contributed by atoms with Crippen molar-refractivity contribution in [3.8, 4) is 0 Å². The standard InChI is InChI=1S/C17H20FN3O4/c1-17(10-22)13(24-9-11-5-3-2-4-6-11)7-14(25-17)21-8-12(18)15(19)20-16(21)23/h2-6,8,13-14,22H,7,9-10H2,1H3,(H2,19,20,23)/t13-,14+,17+/m0/s1. The highest BCUT2D eigenvalue weighted by Crippen LogP contribution is 2.38. The number of nitrogen functional groups attached to an aromatic ring is 1. The van der Waals surface area contributed by atoms with Gasteiger partial charge in [0.25, 0.3) is 0 Å². The number of aromatic nitrogens is 2. The molecule has 1 aromatic heterocycles. The predicted octanol–water partition coefficient (Wildman–Crippen LogP) is 1.22. The average molecular weight is 349 g/mol. The van der Waals surface area contributed by atoms with E-state index in [-0.39, 0.29) is 13.0 Å². The molecule has 7 nitrogen and oxygen atoms in total. The normalized spacial score (nSPS) is 26.0. The topological polar surface area (TPSA) is 99.6 Å². The lowest BCUT2D eigenvalue weighted by molar-refractivity contribution is -0.133. The van der Waals surface area contributed by atoms with Crippen LogP contribution in [0.2, 0.25) is 0 Å². The zero-order chi connectivity index (χ0) is 18.0. The van der Waals surface area contributed by atoms with Gasteiger partial charge in [0, 0.05) is 6.42 Å². The molecule has 0 aliphatic carbocycles. The molecule has 1 fully saturated rings. The number of nitrogens with two attached hydrogens (primary N) is 1. The Kier molecular flexibility index (Phi) is 4.85. The molecule has 8 heteroatoms. The molecule has 2 aromatic rings. The van der Waals surface area contributed by atoms with Gasteiger partial charge in [-0.05, 0) is 12.5 Å². The minimum atomic E-state index is -1.02. The number of rotatable bonds is 5. The van der Waals surface area contributed by atoms with Crippen molar-refractivity contribution in [2.75, 3.05) is 12.3 Å². The average Bonchev–Trinajstić information content (AvgIpc) is 2.94. The lowest BCUT2D eigenvalue weighted by atomic mass is 10.00. The van der Waals surface area contributed by atoms with E-state index in [1.165, 1.54) is 0 Å². The van der Waals surface area contributed by atoms with Crippen LogP contribution in [0.4, 0.5) is 10.2 Å². The van der Waals surface area contributed by atoms with Crippen LogP contribution in [0.15, 0.2) is 41.3 Å². The number of benzene rings is 1. The number of ether oxygens (including phenoxy) is 2. The Bertz CT molecular complexity index is 798. The Morgan fingerprint density at radius 3 is 2.88 bits per heavy atom. The number of anilines is 1. The first-order chi connectivity index (χ1) is 11.9. The van der Waals surface area contributed by atoms with Crippen LogP contribution in [-0.4, -0.2) is 33.0 Å². The monoisotopic (exact) mass is 349 g/mol. The molecule has 3 rings (SSSR count). The molecular formula is C17H20FN3O4. The molecule has 0 amide bonds. The maximum atomic E-state index is 13.7. The summed E-state index contributed by atoms with van der Waals surface area (Å²) in [6.45, 7) is 1.72. The van der Waals surface area contributed by atoms with Crippen molar-refractivity contribution in [1.82, 2.24) is 9.55 Å². The molecule has 0 unspecified atom stereocenters. The summed E-state index contributed by atoms with van der Waals surface area (Å²) >= 11 is 0. The van der Waals surface area contributed by atoms with Crippen LogP contribution in [0, 0.1) is 5.82 Å². The van der Waals surface area contributed by atoms with E-state index in [1.807, 2.05) is 30.3 Å². The molecule has 1 aliphatic rings. The van der Waals surface area contributed by atoms with Crippen LogP contribution in [0.3, 0.4) is 0 Å². The van der Waals surface area contributed by atoms with Crippen LogP contribution in [0.1, 0.15) is 25.1 Å². The summed E-state index contributed by atoms with van der Waals surface area (Å²) < 4.78 is 26.4. The van der Waals surface area contributed by atoms with E-state index in [0.717, 1.165) is 16.3 Å². The van der Waals surface area contributed by atoms with Crippen LogP contribution in [-0.2, 0) is 16.1 Å². The minimum Gasteiger partial charge on any atom is -0.393 e. The van der Waals surface area contributed by atoms with Gasteiger partial charge in [0.15, 0.2) is 11.6 Å². The SMILES string of the molecule is C[C@]1(CO)O[C@@H](n2cc(F)c(N)nc2=O)C[C@@H]1OCc1ccccc1. The van der Waals surface area contributed by atoms with Crippen molar-refractivity contribution >= 4 is 5.82 Å². The highest BCUT2D eigenvalue weighted by Gasteiger charge is 2.46. The smallest absolute Gasteiger partial charge is 0.351 e. The van der Waals surface area contributed by atoms with Gasteiger partial charge in [-0.15, -0.1) is 0 Å². The zero-order valence-electron chi connectivity index (χ0n) is 13.8. The van der Waals surface area contributed by atoms with Gasteiger partial charge in [0.1, 0.15) is 11.8 Å². The first-order valence-electron chi connectivity index (χ1n) is 7.91. The van der Waals surface area contributed by atoms with E-state index in [2.05, 4.69) is 4.98 Å². The summed E-state index contributed by atoms with van der Waals surface area (Å²) in [4.78, 5) is 15.4. The Morgan fingerprint density at radius 2 is 2.20 bits per heavy atom. The van der Waals surface area contributed by atoms with Gasteiger partial charge in [0.2, 0.25) is 0 Å². The molecule has 0 saturated carbocycles. The zero-order valence-corrected chi connectivity index (χ0v) is 13.8. The van der Waals surface area contributed by atoms with E-state index in [9.17, 15) is 14.3 Å². The van der Waals surface area contributed by atoms with Crippen molar-refractivity contribution in [3.63, 3.8) is 0 Å². The Morgan fingerprint density at radius 1 is 1.48 bits per heavy atom. The maximum Gasteiger partial charge on any atom is 0.351 e. The lowest BCUT2D eigenvalue weighted by Gasteiger charge is -2.28. The van der Waals surface area contributed by atoms with E-state index in [0.29, 0.717) is 6.61 Å². The molecule has 0 spiro atoms. The van der Waals surface area contributed by atoms with Crippen molar-refractivity contribution in [3.05, 3.63) is 58.4 Å². The Balaban J connectivity index is 1.79. The molecule has 1 aliphatic heterocycles. The van der Waals surface area contributed by atoms with Crippen molar-refractivity contribution < 1.29 is 19.0 Å². The van der Waals surface area contributed by atoms with Crippen LogP contribution in [0.25, 0.3) is 0 Å². The third kappa shape index (κ3) is 3.55. The summed E-state index contributed by atoms with van der Waals surface area (Å²) in [5.41, 5.74) is 4.55. The molecule has 134 valence electrons. The second-order valence-corrected chi connectivity index (χ2v) is 6.23. The maximum absolute atomic E-state index is 13.7. The second-order valence-electron chi connectivity index (χ2n) is 6.23. The van der Waals surface area contributed by atoms with E-state index < -0.39 is 35.3 Å². The predicted molar refractivity (Wildman–Crippen MR) is 88.1 cm³/mol. The highest BCUT2D eigenvalue weighted by atomic mass is 19.1. The largest absolute Gasteiger partial charge is 0.393 e. The van der Waals surface area contributed by atoms with Gasteiger partial charge >= 0.3 is 5.69 Å². The van der Waals surface area contributed by atoms with E-state index in [1.54, 1.807) is 6.92 Å². The third-order valence-corrected chi connectivity index (χ3v) is 4.35. The molecule has 0 radical (unpaired) electrons. The summed E-state index contributed by atoms with van der Waals surface area (Å²) in [5, 5.41) is 9.72. The minimum absolute atomic E-state index is 0.273. The molecule has 3 N–H and O–H groups in total. The number of nitrogens with zero attached hydrogens (tertiary/aromatic N) is 2. The quantitative estimate of drug-likeness (QED) is 0.842. The van der Waals surface area contributed by atoms with Crippen LogP contribution < -0.4 is 11.4 Å². The van der Waals surface area contributed by atoms with E-state index >= 15 is 0 Å². The Labute approximate surface area is 143 Å². The van der Waals surface area contributed by atoms with Crippen molar-refractivity contribution in [2.24, 2.45) is 0 Å². The van der Waals surface area contributed by atoms with Crippen molar-refractivity contribution in [1.29, 1.82) is 0 Å². The van der Waals surface area contributed by atoms with Gasteiger partial charge in [-0.25, -0.2) is 9.18 Å². The number of aliphatic hydroxyl groups is 1. The fourth-order valence-corrected chi connectivity index (χ4v) is 2.86. The summed E-state index contributed by atoms with van der Waals surface area (Å²) in [6, 6.07) is 9.56. The number of aliphatic hydroxyl groups excluding tert-OH is 1. The van der Waals surface area contributed by atoms with Gasteiger partial charge in [-0.1, -0.05) is 30.3 Å². The van der Waals surface area contributed by atoms with Gasteiger partial charge in [-0.2, -0.15) is 4.98 Å². The Hall–Kier alpha value is -2.29. The molecule has 1 saturated heterocycles. The second kappa shape index (κ2) is 6.91. The number of halogens is 1. The first kappa shape index (κ1) is 17.5. The molecular weight excluding hydrogens is 329 g/mol. The molecule has 2 heterocycles. The highest BCUT2D eigenvalue weighted by molar-refractivity contribution is 5.26. The number of hydrogen-bond donors (Lipinski definition) is 2. The third-order valence-electron chi connectivity index (χ3n) is 4.35. The van der Waals surface area contributed by atoms with Gasteiger partial charge < -0.3 is 20.3 Å². The fraction of sp³-hybridized carbons (Fsp3) is 0.412.